The van der Waals surface area contributed by atoms with Gasteiger partial charge >= 0.3 is 0 Å². The van der Waals surface area contributed by atoms with Crippen LogP contribution in [0.5, 0.6) is 11.5 Å². The molecule has 1 aromatic heterocycles. The lowest BCUT2D eigenvalue weighted by Crippen LogP contribution is -2.07. The summed E-state index contributed by atoms with van der Waals surface area (Å²) in [5.74, 6) is 1.45. The molecule has 2 N–H and O–H groups in total. The molecule has 2 aromatic carbocycles. The zero-order chi connectivity index (χ0) is 19.8. The minimum atomic E-state index is 0.00344. The second-order valence-corrected chi connectivity index (χ2v) is 6.73. The van der Waals surface area contributed by atoms with E-state index in [1.807, 2.05) is 54.1 Å². The fourth-order valence-corrected chi connectivity index (χ4v) is 2.99. The van der Waals surface area contributed by atoms with Crippen molar-refractivity contribution in [2.24, 2.45) is 0 Å². The second-order valence-electron chi connectivity index (χ2n) is 6.32. The van der Waals surface area contributed by atoms with Crippen LogP contribution in [0, 0.1) is 6.92 Å². The number of nitrogens with one attached hydrogen (secondary N) is 1. The molecule has 0 atom stereocenters. The van der Waals surface area contributed by atoms with Crippen LogP contribution in [0.25, 0.3) is 0 Å². The maximum absolute atomic E-state index is 8.86. The van der Waals surface area contributed by atoms with Gasteiger partial charge in [0, 0.05) is 24.6 Å². The number of nitrogens with zero attached hydrogens (tertiary/aromatic N) is 2. The van der Waals surface area contributed by atoms with Gasteiger partial charge in [0.25, 0.3) is 0 Å². The zero-order valence-corrected chi connectivity index (χ0v) is 16.5. The summed E-state index contributed by atoms with van der Waals surface area (Å²) in [7, 11) is 0. The third-order valence-electron chi connectivity index (χ3n) is 4.18. The van der Waals surface area contributed by atoms with E-state index in [0.717, 1.165) is 29.1 Å². The van der Waals surface area contributed by atoms with Crippen molar-refractivity contribution < 1.29 is 14.6 Å². The number of halogens is 1. The van der Waals surface area contributed by atoms with Crippen LogP contribution < -0.4 is 14.8 Å². The Balaban J connectivity index is 1.52. The van der Waals surface area contributed by atoms with Gasteiger partial charge in [-0.05, 0) is 48.4 Å². The highest BCUT2D eigenvalue weighted by molar-refractivity contribution is 6.32. The van der Waals surface area contributed by atoms with Crippen LogP contribution in [0.1, 0.15) is 11.1 Å². The molecule has 3 rings (SSSR count). The highest BCUT2D eigenvalue weighted by atomic mass is 35.5. The molecule has 3 aromatic rings. The summed E-state index contributed by atoms with van der Waals surface area (Å²) in [5.41, 5.74) is 3.06. The van der Waals surface area contributed by atoms with E-state index in [9.17, 15) is 0 Å². The first-order valence-corrected chi connectivity index (χ1v) is 9.48. The first kappa shape index (κ1) is 20.0. The van der Waals surface area contributed by atoms with Crippen LogP contribution in [0.2, 0.25) is 5.02 Å². The van der Waals surface area contributed by atoms with Crippen molar-refractivity contribution in [3.63, 3.8) is 0 Å². The van der Waals surface area contributed by atoms with E-state index in [1.165, 1.54) is 0 Å². The fourth-order valence-electron chi connectivity index (χ4n) is 2.73. The molecule has 148 valence electrons. The third kappa shape index (κ3) is 5.65. The van der Waals surface area contributed by atoms with Crippen LogP contribution in [-0.4, -0.2) is 34.5 Å². The summed E-state index contributed by atoms with van der Waals surface area (Å²) in [6.45, 7) is 4.16. The van der Waals surface area contributed by atoms with Gasteiger partial charge < -0.3 is 24.5 Å². The summed E-state index contributed by atoms with van der Waals surface area (Å²) >= 11 is 6.36. The number of ether oxygens (including phenoxy) is 2. The SMILES string of the molecule is Cc1cc(NCc2ccc(OCCn3ccnc3)c(Cl)c2)ccc1OCCO. The van der Waals surface area contributed by atoms with Gasteiger partial charge in [0.1, 0.15) is 24.7 Å². The lowest BCUT2D eigenvalue weighted by molar-refractivity contribution is 0.200. The number of rotatable bonds is 10. The van der Waals surface area contributed by atoms with E-state index in [4.69, 9.17) is 26.2 Å². The third-order valence-corrected chi connectivity index (χ3v) is 4.48. The molecule has 0 aliphatic rings. The van der Waals surface area contributed by atoms with Gasteiger partial charge in [-0.3, -0.25) is 0 Å². The van der Waals surface area contributed by atoms with Crippen molar-refractivity contribution >= 4 is 17.3 Å². The summed E-state index contributed by atoms with van der Waals surface area (Å²) in [6, 6.07) is 11.7. The minimum absolute atomic E-state index is 0.00344. The van der Waals surface area contributed by atoms with Gasteiger partial charge in [0.05, 0.1) is 24.5 Å². The summed E-state index contributed by atoms with van der Waals surface area (Å²) < 4.78 is 13.2. The number of aliphatic hydroxyl groups excluding tert-OH is 1. The number of anilines is 1. The van der Waals surface area contributed by atoms with E-state index in [2.05, 4.69) is 10.3 Å². The minimum Gasteiger partial charge on any atom is -0.491 e. The zero-order valence-electron chi connectivity index (χ0n) is 15.8. The lowest BCUT2D eigenvalue weighted by atomic mass is 10.1. The van der Waals surface area contributed by atoms with Crippen LogP contribution in [-0.2, 0) is 13.1 Å². The maximum atomic E-state index is 8.86. The predicted molar refractivity (Wildman–Crippen MR) is 110 cm³/mol. The first-order valence-electron chi connectivity index (χ1n) is 9.11. The topological polar surface area (TPSA) is 68.5 Å². The molecule has 7 heteroatoms. The van der Waals surface area contributed by atoms with Gasteiger partial charge in [0.2, 0.25) is 0 Å². The molecule has 0 fully saturated rings. The van der Waals surface area contributed by atoms with Crippen molar-refractivity contribution in [1.82, 2.24) is 9.55 Å². The summed E-state index contributed by atoms with van der Waals surface area (Å²) in [5, 5.41) is 12.8. The van der Waals surface area contributed by atoms with Crippen molar-refractivity contribution in [2.75, 3.05) is 25.1 Å². The Kier molecular flexibility index (Phi) is 7.17. The van der Waals surface area contributed by atoms with E-state index < -0.39 is 0 Å². The maximum Gasteiger partial charge on any atom is 0.137 e. The number of benzene rings is 2. The van der Waals surface area contributed by atoms with Crippen LogP contribution >= 0.6 is 11.6 Å². The van der Waals surface area contributed by atoms with Crippen LogP contribution in [0.3, 0.4) is 0 Å². The molecule has 0 radical (unpaired) electrons. The number of hydrogen-bond donors (Lipinski definition) is 2. The van der Waals surface area contributed by atoms with E-state index in [-0.39, 0.29) is 6.61 Å². The molecule has 0 bridgehead atoms. The second kappa shape index (κ2) is 10.0. The molecule has 0 amide bonds. The Morgan fingerprint density at radius 2 is 1.93 bits per heavy atom. The van der Waals surface area contributed by atoms with Crippen molar-refractivity contribution in [3.8, 4) is 11.5 Å². The molecule has 0 spiro atoms. The number of imidazole rings is 1. The molecule has 0 aliphatic carbocycles. The Bertz CT molecular complexity index is 885. The summed E-state index contributed by atoms with van der Waals surface area (Å²) in [4.78, 5) is 4.00. The molecule has 1 heterocycles. The molecular formula is C21H24ClN3O3. The average molecular weight is 402 g/mol. The smallest absolute Gasteiger partial charge is 0.137 e. The Labute approximate surface area is 169 Å². The molecule has 6 nitrogen and oxygen atoms in total. The number of hydrogen-bond acceptors (Lipinski definition) is 5. The van der Waals surface area contributed by atoms with Crippen molar-refractivity contribution in [3.05, 3.63) is 71.3 Å². The monoisotopic (exact) mass is 401 g/mol. The standard InChI is InChI=1S/C21H24ClN3O3/c1-16-12-18(3-5-20(16)28-11-9-26)24-14-17-2-4-21(19(22)13-17)27-10-8-25-7-6-23-15-25/h2-7,12-13,15,24,26H,8-11,14H2,1H3. The quantitative estimate of drug-likeness (QED) is 0.539. The normalized spacial score (nSPS) is 10.7. The molecular weight excluding hydrogens is 378 g/mol. The number of aliphatic hydroxyl groups is 1. The highest BCUT2D eigenvalue weighted by Crippen LogP contribution is 2.27. The van der Waals surface area contributed by atoms with Crippen LogP contribution in [0.4, 0.5) is 5.69 Å². The van der Waals surface area contributed by atoms with Crippen LogP contribution in [0.15, 0.2) is 55.1 Å². The Morgan fingerprint density at radius 3 is 2.64 bits per heavy atom. The molecule has 28 heavy (non-hydrogen) atoms. The van der Waals surface area contributed by atoms with E-state index >= 15 is 0 Å². The van der Waals surface area contributed by atoms with Gasteiger partial charge in [-0.25, -0.2) is 4.98 Å². The number of aromatic nitrogens is 2. The van der Waals surface area contributed by atoms with E-state index in [0.29, 0.717) is 30.5 Å². The molecule has 0 saturated heterocycles. The predicted octanol–water partition coefficient (Wildman–Crippen LogP) is 3.91. The van der Waals surface area contributed by atoms with Gasteiger partial charge in [-0.1, -0.05) is 17.7 Å². The highest BCUT2D eigenvalue weighted by Gasteiger charge is 2.05. The fraction of sp³-hybridized carbons (Fsp3) is 0.286. The number of aryl methyl sites for hydroxylation is 1. The van der Waals surface area contributed by atoms with Crippen molar-refractivity contribution in [2.45, 2.75) is 20.0 Å². The van der Waals surface area contributed by atoms with Gasteiger partial charge in [-0.2, -0.15) is 0 Å². The van der Waals surface area contributed by atoms with Gasteiger partial charge in [-0.15, -0.1) is 0 Å². The molecule has 0 aliphatic heterocycles. The lowest BCUT2D eigenvalue weighted by Gasteiger charge is -2.13. The first-order chi connectivity index (χ1) is 13.7. The molecule has 0 unspecified atom stereocenters. The van der Waals surface area contributed by atoms with E-state index in [1.54, 1.807) is 12.5 Å². The van der Waals surface area contributed by atoms with Crippen molar-refractivity contribution in [1.29, 1.82) is 0 Å². The Hall–Kier alpha value is -2.70. The van der Waals surface area contributed by atoms with Gasteiger partial charge in [0.15, 0.2) is 0 Å². The largest absolute Gasteiger partial charge is 0.491 e. The summed E-state index contributed by atoms with van der Waals surface area (Å²) in [6.07, 6.45) is 5.39. The average Bonchev–Trinajstić information content (AvgIpc) is 3.20. The molecule has 0 saturated carbocycles. The Morgan fingerprint density at radius 1 is 1.11 bits per heavy atom.